The quantitative estimate of drug-likeness (QED) is 0.398. The highest BCUT2D eigenvalue weighted by Gasteiger charge is 2.83. The van der Waals surface area contributed by atoms with E-state index in [4.69, 9.17) is 14.2 Å². The standard InChI is InChI=1S/C25H28BrFO7/c1-12(28)32-11-20(31)24(33-13(2)29)6-5-14-15-7-18(27)16-8-19(30)17(26)9-23(16,4)25(15)21(34-25)10-22(14,24)3/h8-9,14-15,18,21H,5-7,10-11H2,1-4H3/t14-,15-,18+,21-,22-,23-,24?,25+/m0/s1. The minimum atomic E-state index is -1.47. The van der Waals surface area contributed by atoms with Crippen molar-refractivity contribution < 1.29 is 37.8 Å². The number of carbonyl (C=O) groups excluding carboxylic acids is 4. The van der Waals surface area contributed by atoms with Gasteiger partial charge in [-0.3, -0.25) is 19.2 Å². The van der Waals surface area contributed by atoms with E-state index in [9.17, 15) is 19.2 Å². The summed E-state index contributed by atoms with van der Waals surface area (Å²) in [5.74, 6) is -2.29. The minimum Gasteiger partial charge on any atom is -0.458 e. The molecule has 3 saturated carbocycles. The van der Waals surface area contributed by atoms with Gasteiger partial charge in [0.25, 0.3) is 0 Å². The molecule has 4 aliphatic carbocycles. The van der Waals surface area contributed by atoms with Crippen LogP contribution in [0.25, 0.3) is 0 Å². The van der Waals surface area contributed by atoms with Crippen molar-refractivity contribution in [2.24, 2.45) is 22.7 Å². The van der Waals surface area contributed by atoms with E-state index in [2.05, 4.69) is 15.9 Å². The summed E-state index contributed by atoms with van der Waals surface area (Å²) in [6, 6.07) is 0. The number of Topliss-reactive ketones (excluding diaryl/α,β-unsaturated/α-hetero) is 1. The minimum absolute atomic E-state index is 0.159. The molecule has 1 heterocycles. The maximum atomic E-state index is 15.6. The number of alkyl halides is 1. The molecule has 0 aromatic carbocycles. The number of halogens is 2. The van der Waals surface area contributed by atoms with Gasteiger partial charge in [-0.1, -0.05) is 13.0 Å². The Morgan fingerprint density at radius 1 is 1.21 bits per heavy atom. The Morgan fingerprint density at radius 2 is 1.91 bits per heavy atom. The van der Waals surface area contributed by atoms with Gasteiger partial charge in [0.2, 0.25) is 5.78 Å². The highest BCUT2D eigenvalue weighted by molar-refractivity contribution is 9.12. The zero-order valence-electron chi connectivity index (χ0n) is 19.6. The van der Waals surface area contributed by atoms with Gasteiger partial charge in [-0.25, -0.2) is 4.39 Å². The zero-order chi connectivity index (χ0) is 24.8. The molecule has 1 unspecified atom stereocenters. The van der Waals surface area contributed by atoms with Crippen molar-refractivity contribution in [2.45, 2.75) is 76.9 Å². The number of hydrogen-bond donors (Lipinski definition) is 0. The van der Waals surface area contributed by atoms with Crippen molar-refractivity contribution in [3.63, 3.8) is 0 Å². The van der Waals surface area contributed by atoms with Crippen molar-refractivity contribution in [1.82, 2.24) is 0 Å². The maximum absolute atomic E-state index is 15.6. The normalized spacial score (nSPS) is 46.1. The first-order valence-corrected chi connectivity index (χ1v) is 12.4. The number of ketones is 2. The van der Waals surface area contributed by atoms with Gasteiger partial charge in [-0.05, 0) is 72.0 Å². The van der Waals surface area contributed by atoms with Gasteiger partial charge in [0.05, 0.1) is 10.6 Å². The predicted molar refractivity (Wildman–Crippen MR) is 120 cm³/mol. The third kappa shape index (κ3) is 2.83. The van der Waals surface area contributed by atoms with Gasteiger partial charge in [-0.2, -0.15) is 0 Å². The van der Waals surface area contributed by atoms with Crippen LogP contribution in [0.4, 0.5) is 4.39 Å². The molecule has 0 bridgehead atoms. The number of esters is 2. The van der Waals surface area contributed by atoms with Crippen molar-refractivity contribution >= 4 is 39.4 Å². The van der Waals surface area contributed by atoms with Gasteiger partial charge < -0.3 is 14.2 Å². The maximum Gasteiger partial charge on any atom is 0.303 e. The van der Waals surface area contributed by atoms with Gasteiger partial charge in [0, 0.05) is 24.7 Å². The number of carbonyl (C=O) groups is 4. The van der Waals surface area contributed by atoms with Crippen molar-refractivity contribution in [2.75, 3.05) is 6.61 Å². The average Bonchev–Trinajstić information content (AvgIpc) is 3.39. The van der Waals surface area contributed by atoms with E-state index in [0.29, 0.717) is 22.9 Å². The Hall–Kier alpha value is -1.87. The fourth-order valence-electron chi connectivity index (χ4n) is 7.89. The van der Waals surface area contributed by atoms with Crippen molar-refractivity contribution in [3.05, 3.63) is 22.2 Å². The lowest BCUT2D eigenvalue weighted by Gasteiger charge is -2.56. The lowest BCUT2D eigenvalue weighted by Crippen LogP contribution is -2.63. The first-order chi connectivity index (χ1) is 15.8. The van der Waals surface area contributed by atoms with E-state index >= 15 is 4.39 Å². The summed E-state index contributed by atoms with van der Waals surface area (Å²) in [5.41, 5.74) is -3.33. The van der Waals surface area contributed by atoms with E-state index in [1.807, 2.05) is 13.8 Å². The van der Waals surface area contributed by atoms with Gasteiger partial charge in [-0.15, -0.1) is 0 Å². The molecule has 5 aliphatic rings. The molecule has 7 nitrogen and oxygen atoms in total. The molecule has 0 N–H and O–H groups in total. The van der Waals surface area contributed by atoms with Crippen LogP contribution in [0.1, 0.15) is 53.4 Å². The number of hydrogen-bond acceptors (Lipinski definition) is 7. The molecular formula is C25H28BrFO7. The molecule has 34 heavy (non-hydrogen) atoms. The summed E-state index contributed by atoms with van der Waals surface area (Å²) in [4.78, 5) is 49.3. The number of ether oxygens (including phenoxy) is 3. The Morgan fingerprint density at radius 3 is 2.56 bits per heavy atom. The lowest BCUT2D eigenvalue weighted by atomic mass is 9.46. The monoisotopic (exact) mass is 538 g/mol. The highest BCUT2D eigenvalue weighted by atomic mass is 79.9. The Labute approximate surface area is 205 Å². The number of rotatable bonds is 4. The second kappa shape index (κ2) is 7.32. The van der Waals surface area contributed by atoms with E-state index < -0.39 is 52.5 Å². The topological polar surface area (TPSA) is 99.3 Å². The van der Waals surface area contributed by atoms with Gasteiger partial charge in [0.1, 0.15) is 11.8 Å². The van der Waals surface area contributed by atoms with E-state index in [1.54, 1.807) is 6.08 Å². The van der Waals surface area contributed by atoms with Crippen molar-refractivity contribution in [1.29, 1.82) is 0 Å². The summed E-state index contributed by atoms with van der Waals surface area (Å²) in [6.45, 7) is 5.83. The molecular weight excluding hydrogens is 511 g/mol. The summed E-state index contributed by atoms with van der Waals surface area (Å²) in [5, 5.41) is 0. The van der Waals surface area contributed by atoms with Crippen LogP contribution < -0.4 is 0 Å². The molecule has 184 valence electrons. The summed E-state index contributed by atoms with van der Waals surface area (Å²) in [7, 11) is 0. The Kier molecular flexibility index (Phi) is 5.14. The Balaban J connectivity index is 1.57. The molecule has 5 rings (SSSR count). The van der Waals surface area contributed by atoms with Crippen molar-refractivity contribution in [3.8, 4) is 0 Å². The van der Waals surface area contributed by atoms with E-state index in [0.717, 1.165) is 0 Å². The second-order valence-corrected chi connectivity index (χ2v) is 11.6. The molecule has 8 atom stereocenters. The third-order valence-electron chi connectivity index (χ3n) is 9.27. The van der Waals surface area contributed by atoms with Crippen LogP contribution in [0.2, 0.25) is 0 Å². The number of epoxide rings is 1. The molecule has 0 amide bonds. The third-order valence-corrected chi connectivity index (χ3v) is 9.89. The molecule has 1 aliphatic heterocycles. The average molecular weight is 539 g/mol. The largest absolute Gasteiger partial charge is 0.458 e. The van der Waals surface area contributed by atoms with Gasteiger partial charge >= 0.3 is 11.9 Å². The second-order valence-electron chi connectivity index (χ2n) is 10.8. The summed E-state index contributed by atoms with van der Waals surface area (Å²) < 4.78 is 33.3. The van der Waals surface area contributed by atoms with Crippen LogP contribution >= 0.6 is 15.9 Å². The van der Waals surface area contributed by atoms with Crippen LogP contribution in [-0.2, 0) is 33.4 Å². The van der Waals surface area contributed by atoms with E-state index in [-0.39, 0.29) is 36.6 Å². The predicted octanol–water partition coefficient (Wildman–Crippen LogP) is 3.53. The number of allylic oxidation sites excluding steroid dienone is 2. The fraction of sp³-hybridized carbons (Fsp3) is 0.680. The molecule has 0 radical (unpaired) electrons. The van der Waals surface area contributed by atoms with Crippen LogP contribution in [0.3, 0.4) is 0 Å². The summed E-state index contributed by atoms with van der Waals surface area (Å²) >= 11 is 3.34. The number of fused-ring (bicyclic) bond motifs is 3. The molecule has 1 spiro atoms. The fourth-order valence-corrected chi connectivity index (χ4v) is 8.47. The zero-order valence-corrected chi connectivity index (χ0v) is 21.2. The molecule has 9 heteroatoms. The molecule has 0 aromatic rings. The van der Waals surface area contributed by atoms with Crippen LogP contribution in [0.15, 0.2) is 22.2 Å². The van der Waals surface area contributed by atoms with Crippen LogP contribution in [-0.4, -0.2) is 53.6 Å². The van der Waals surface area contributed by atoms with E-state index in [1.165, 1.54) is 19.9 Å². The van der Waals surface area contributed by atoms with Crippen LogP contribution in [0, 0.1) is 22.7 Å². The highest BCUT2D eigenvalue weighted by Crippen LogP contribution is 2.76. The van der Waals surface area contributed by atoms with Crippen LogP contribution in [0.5, 0.6) is 0 Å². The lowest BCUT2D eigenvalue weighted by molar-refractivity contribution is -0.188. The molecule has 0 aromatic heterocycles. The first-order valence-electron chi connectivity index (χ1n) is 11.7. The SMILES string of the molecule is CC(=O)OCC(=O)C1(OC(C)=O)CC[C@H]2[C@@H]3C[C@@H](F)C4=CC(=O)C(Br)=C[C@]4(C)[C@@]34O[C@H]4C[C@@]21C. The Bertz CT molecular complexity index is 1080. The molecule has 4 fully saturated rings. The molecule has 1 saturated heterocycles. The van der Waals surface area contributed by atoms with Gasteiger partial charge in [0.15, 0.2) is 18.0 Å². The smallest absolute Gasteiger partial charge is 0.303 e. The summed E-state index contributed by atoms with van der Waals surface area (Å²) in [6.07, 6.45) is 3.00. The first kappa shape index (κ1) is 23.9.